The molecule has 1 aliphatic rings. The largest absolute Gasteiger partial charge is 0.279 e. The number of aryl methyl sites for hydroxylation is 1. The quantitative estimate of drug-likeness (QED) is 0.704. The van der Waals surface area contributed by atoms with Crippen molar-refractivity contribution in [2.75, 3.05) is 21.8 Å². The first-order valence-corrected chi connectivity index (χ1v) is 12.1. The van der Waals surface area contributed by atoms with Gasteiger partial charge in [0.05, 0.1) is 23.1 Å². The van der Waals surface area contributed by atoms with E-state index in [1.807, 2.05) is 0 Å². The van der Waals surface area contributed by atoms with Crippen molar-refractivity contribution in [3.05, 3.63) is 60.3 Å². The van der Waals surface area contributed by atoms with Crippen LogP contribution < -0.4 is 9.03 Å². The van der Waals surface area contributed by atoms with Gasteiger partial charge in [-0.05, 0) is 42.7 Å². The van der Waals surface area contributed by atoms with E-state index in [0.29, 0.717) is 23.4 Å². The third-order valence-corrected chi connectivity index (χ3v) is 7.29. The smallest absolute Gasteiger partial charge is 0.264 e. The second kappa shape index (κ2) is 6.75. The van der Waals surface area contributed by atoms with Crippen molar-refractivity contribution < 1.29 is 16.8 Å². The van der Waals surface area contributed by atoms with E-state index >= 15 is 0 Å². The lowest BCUT2D eigenvalue weighted by Gasteiger charge is -2.29. The second-order valence-electron chi connectivity index (χ2n) is 6.72. The van der Waals surface area contributed by atoms with E-state index in [9.17, 15) is 16.8 Å². The number of fused-ring (bicyclic) bond motifs is 2. The molecule has 0 spiro atoms. The van der Waals surface area contributed by atoms with E-state index < -0.39 is 20.0 Å². The van der Waals surface area contributed by atoms with Gasteiger partial charge in [-0.2, -0.15) is 0 Å². The molecule has 146 valence electrons. The maximum atomic E-state index is 13.0. The van der Waals surface area contributed by atoms with Gasteiger partial charge in [0.25, 0.3) is 10.0 Å². The number of aromatic nitrogens is 1. The summed E-state index contributed by atoms with van der Waals surface area (Å²) < 4.78 is 54.0. The van der Waals surface area contributed by atoms with Crippen molar-refractivity contribution in [3.63, 3.8) is 0 Å². The van der Waals surface area contributed by atoms with Crippen molar-refractivity contribution in [1.82, 2.24) is 4.98 Å². The molecule has 0 amide bonds. The Morgan fingerprint density at radius 3 is 2.61 bits per heavy atom. The van der Waals surface area contributed by atoms with Crippen molar-refractivity contribution in [1.29, 1.82) is 0 Å². The molecule has 2 aromatic carbocycles. The van der Waals surface area contributed by atoms with E-state index in [1.54, 1.807) is 48.7 Å². The van der Waals surface area contributed by atoms with Crippen LogP contribution in [0.25, 0.3) is 10.9 Å². The fourth-order valence-corrected chi connectivity index (χ4v) is 5.67. The first-order chi connectivity index (χ1) is 13.3. The summed E-state index contributed by atoms with van der Waals surface area (Å²) in [6.07, 6.45) is 4.18. The number of anilines is 2. The molecular formula is C19H19N3O4S2. The Bertz CT molecular complexity index is 1270. The van der Waals surface area contributed by atoms with Gasteiger partial charge in [-0.1, -0.05) is 24.3 Å². The first kappa shape index (κ1) is 18.7. The number of sulfonamides is 2. The average molecular weight is 418 g/mol. The van der Waals surface area contributed by atoms with Crippen LogP contribution in [0.5, 0.6) is 0 Å². The van der Waals surface area contributed by atoms with Gasteiger partial charge in [0.1, 0.15) is 4.90 Å². The normalized spacial score (nSPS) is 14.7. The summed E-state index contributed by atoms with van der Waals surface area (Å²) in [5, 5.41) is 0.721. The number of hydrogen-bond acceptors (Lipinski definition) is 5. The number of rotatable bonds is 4. The molecule has 0 unspecified atom stereocenters. The molecule has 0 fully saturated rings. The van der Waals surface area contributed by atoms with Gasteiger partial charge >= 0.3 is 0 Å². The van der Waals surface area contributed by atoms with Crippen LogP contribution in [0.1, 0.15) is 12.0 Å². The molecule has 7 nitrogen and oxygen atoms in total. The lowest BCUT2D eigenvalue weighted by atomic mass is 10.0. The van der Waals surface area contributed by atoms with Crippen LogP contribution in [0.2, 0.25) is 0 Å². The standard InChI is InChI=1S/C19H19N3O4S2/c1-27(23,24)22-12-4-7-14-9-10-16(13-17(14)22)21-28(25,26)18-8-2-5-15-6-3-11-20-19(15)18/h2-3,5-6,8-11,13,21H,4,7,12H2,1H3. The molecule has 0 aliphatic carbocycles. The molecule has 28 heavy (non-hydrogen) atoms. The van der Waals surface area contributed by atoms with Gasteiger partial charge in [0.2, 0.25) is 10.0 Å². The summed E-state index contributed by atoms with van der Waals surface area (Å²) in [5.74, 6) is 0. The summed E-state index contributed by atoms with van der Waals surface area (Å²) in [6.45, 7) is 0.384. The van der Waals surface area contributed by atoms with E-state index in [4.69, 9.17) is 0 Å². The molecule has 1 N–H and O–H groups in total. The SMILES string of the molecule is CS(=O)(=O)N1CCCc2ccc(NS(=O)(=O)c3cccc4cccnc34)cc21. The maximum absolute atomic E-state index is 13.0. The number of benzene rings is 2. The summed E-state index contributed by atoms with van der Waals surface area (Å²) in [6, 6.07) is 13.5. The van der Waals surface area contributed by atoms with Crippen molar-refractivity contribution in [3.8, 4) is 0 Å². The Labute approximate surface area is 164 Å². The van der Waals surface area contributed by atoms with E-state index in [0.717, 1.165) is 30.0 Å². The molecular weight excluding hydrogens is 398 g/mol. The Balaban J connectivity index is 1.75. The van der Waals surface area contributed by atoms with E-state index in [2.05, 4.69) is 9.71 Å². The minimum absolute atomic E-state index is 0.0725. The van der Waals surface area contributed by atoms with Crippen LogP contribution >= 0.6 is 0 Å². The fourth-order valence-electron chi connectivity index (χ4n) is 3.45. The number of hydrogen-bond donors (Lipinski definition) is 1. The highest BCUT2D eigenvalue weighted by Crippen LogP contribution is 2.33. The number of pyridine rings is 1. The van der Waals surface area contributed by atoms with Crippen LogP contribution in [-0.2, 0) is 26.5 Å². The molecule has 0 saturated carbocycles. The molecule has 0 atom stereocenters. The molecule has 9 heteroatoms. The van der Waals surface area contributed by atoms with Crippen LogP contribution in [0.4, 0.5) is 11.4 Å². The van der Waals surface area contributed by atoms with Gasteiger partial charge in [-0.3, -0.25) is 14.0 Å². The highest BCUT2D eigenvalue weighted by atomic mass is 32.2. The van der Waals surface area contributed by atoms with Gasteiger partial charge in [0, 0.05) is 18.1 Å². The third-order valence-electron chi connectivity index (χ3n) is 4.70. The van der Waals surface area contributed by atoms with Crippen molar-refractivity contribution >= 4 is 42.3 Å². The summed E-state index contributed by atoms with van der Waals surface area (Å²) >= 11 is 0. The zero-order valence-electron chi connectivity index (χ0n) is 15.2. The van der Waals surface area contributed by atoms with Crippen LogP contribution in [-0.4, -0.2) is 34.6 Å². The molecule has 1 aliphatic heterocycles. The molecule has 0 radical (unpaired) electrons. The fraction of sp³-hybridized carbons (Fsp3) is 0.211. The molecule has 2 heterocycles. The van der Waals surface area contributed by atoms with Gasteiger partial charge < -0.3 is 0 Å². The van der Waals surface area contributed by atoms with Gasteiger partial charge in [-0.15, -0.1) is 0 Å². The number of para-hydroxylation sites is 1. The maximum Gasteiger partial charge on any atom is 0.264 e. The zero-order valence-corrected chi connectivity index (χ0v) is 16.8. The Morgan fingerprint density at radius 1 is 1.04 bits per heavy atom. The van der Waals surface area contributed by atoms with Crippen LogP contribution in [0, 0.1) is 0 Å². The Hall–Kier alpha value is -2.65. The third kappa shape index (κ3) is 3.43. The molecule has 0 saturated heterocycles. The first-order valence-electron chi connectivity index (χ1n) is 8.73. The zero-order chi connectivity index (χ0) is 19.9. The van der Waals surface area contributed by atoms with Crippen molar-refractivity contribution in [2.24, 2.45) is 0 Å². The summed E-state index contributed by atoms with van der Waals surface area (Å²) in [4.78, 5) is 4.27. The van der Waals surface area contributed by atoms with E-state index in [-0.39, 0.29) is 4.90 Å². The van der Waals surface area contributed by atoms with E-state index in [1.165, 1.54) is 10.4 Å². The predicted molar refractivity (Wildman–Crippen MR) is 110 cm³/mol. The number of nitrogens with one attached hydrogen (secondary N) is 1. The summed E-state index contributed by atoms with van der Waals surface area (Å²) in [5.41, 5.74) is 2.09. The molecule has 0 bridgehead atoms. The molecule has 3 aromatic rings. The molecule has 1 aromatic heterocycles. The minimum atomic E-state index is -3.90. The van der Waals surface area contributed by atoms with Crippen LogP contribution in [0.15, 0.2) is 59.6 Å². The van der Waals surface area contributed by atoms with Gasteiger partial charge in [-0.25, -0.2) is 16.8 Å². The van der Waals surface area contributed by atoms with Gasteiger partial charge in [0.15, 0.2) is 0 Å². The second-order valence-corrected chi connectivity index (χ2v) is 10.3. The van der Waals surface area contributed by atoms with Crippen LogP contribution in [0.3, 0.4) is 0 Å². The highest BCUT2D eigenvalue weighted by molar-refractivity contribution is 7.93. The predicted octanol–water partition coefficient (Wildman–Crippen LogP) is 2.75. The lowest BCUT2D eigenvalue weighted by molar-refractivity contribution is 0.592. The topological polar surface area (TPSA) is 96.4 Å². The van der Waals surface area contributed by atoms with Crippen molar-refractivity contribution in [2.45, 2.75) is 17.7 Å². The Morgan fingerprint density at radius 2 is 1.82 bits per heavy atom. The Kier molecular flexibility index (Phi) is 4.51. The highest BCUT2D eigenvalue weighted by Gasteiger charge is 2.25. The monoisotopic (exact) mass is 417 g/mol. The minimum Gasteiger partial charge on any atom is -0.279 e. The molecule has 4 rings (SSSR count). The summed E-state index contributed by atoms with van der Waals surface area (Å²) in [7, 11) is -7.33. The average Bonchev–Trinajstić information content (AvgIpc) is 2.66. The number of nitrogens with zero attached hydrogens (tertiary/aromatic N) is 2. The lowest BCUT2D eigenvalue weighted by Crippen LogP contribution is -2.34.